The van der Waals surface area contributed by atoms with Gasteiger partial charge >= 0.3 is 0 Å². The summed E-state index contributed by atoms with van der Waals surface area (Å²) in [4.78, 5) is 16.1. The molecule has 0 unspecified atom stereocenters. The number of aromatic nitrogens is 1. The molecule has 0 radical (unpaired) electrons. The lowest BCUT2D eigenvalue weighted by Crippen LogP contribution is -2.25. The number of halogens is 1. The summed E-state index contributed by atoms with van der Waals surface area (Å²) in [5.41, 5.74) is 0.508. The molecule has 0 atom stereocenters. The molecule has 1 aromatic rings. The Morgan fingerprint density at radius 1 is 1.43 bits per heavy atom. The van der Waals surface area contributed by atoms with E-state index in [2.05, 4.69) is 29.5 Å². The second-order valence-electron chi connectivity index (χ2n) is 5.17. The number of carbonyl (C=O) groups is 1. The molecule has 5 nitrogen and oxygen atoms in total. The second kappa shape index (κ2) is 9.58. The Morgan fingerprint density at radius 2 is 2.19 bits per heavy atom. The highest BCUT2D eigenvalue weighted by Gasteiger charge is 2.08. The topological polar surface area (TPSA) is 63.2 Å². The average molecular weight is 314 g/mol. The first-order valence-corrected chi connectivity index (χ1v) is 7.68. The van der Waals surface area contributed by atoms with Crippen molar-refractivity contribution in [3.8, 4) is 0 Å². The van der Waals surface area contributed by atoms with E-state index >= 15 is 0 Å². The van der Waals surface area contributed by atoms with Crippen LogP contribution in [0.5, 0.6) is 0 Å². The number of ether oxygens (including phenoxy) is 1. The molecule has 0 bridgehead atoms. The van der Waals surface area contributed by atoms with Gasteiger partial charge in [-0.3, -0.25) is 4.79 Å². The maximum absolute atomic E-state index is 12.0. The number of rotatable bonds is 9. The van der Waals surface area contributed by atoms with Crippen molar-refractivity contribution >= 4 is 23.3 Å². The van der Waals surface area contributed by atoms with E-state index in [-0.39, 0.29) is 5.91 Å². The molecule has 21 heavy (non-hydrogen) atoms. The molecule has 0 spiro atoms. The summed E-state index contributed by atoms with van der Waals surface area (Å²) < 4.78 is 5.46. The Bertz CT molecular complexity index is 453. The molecule has 0 aliphatic rings. The maximum atomic E-state index is 12.0. The number of hydrogen-bond donors (Lipinski definition) is 2. The van der Waals surface area contributed by atoms with Crippen LogP contribution in [0.2, 0.25) is 5.15 Å². The predicted octanol–water partition coefficient (Wildman–Crippen LogP) is 2.96. The fraction of sp³-hybridized carbons (Fsp3) is 0.600. The Kier molecular flexibility index (Phi) is 8.08. The Hall–Kier alpha value is -1.33. The van der Waals surface area contributed by atoms with Gasteiger partial charge in [-0.25, -0.2) is 4.98 Å². The number of hydrogen-bond acceptors (Lipinski definition) is 4. The van der Waals surface area contributed by atoms with Gasteiger partial charge in [0.15, 0.2) is 0 Å². The summed E-state index contributed by atoms with van der Waals surface area (Å²) in [5.74, 6) is 0.987. The van der Waals surface area contributed by atoms with Crippen LogP contribution in [0, 0.1) is 5.92 Å². The first-order valence-electron chi connectivity index (χ1n) is 7.30. The lowest BCUT2D eigenvalue weighted by atomic mass is 10.2. The van der Waals surface area contributed by atoms with Crippen LogP contribution in [-0.4, -0.2) is 37.2 Å². The smallest absolute Gasteiger partial charge is 0.251 e. The van der Waals surface area contributed by atoms with Crippen LogP contribution in [0.3, 0.4) is 0 Å². The van der Waals surface area contributed by atoms with Gasteiger partial charge < -0.3 is 15.4 Å². The summed E-state index contributed by atoms with van der Waals surface area (Å²) in [7, 11) is 0. The van der Waals surface area contributed by atoms with Crippen molar-refractivity contribution in [3.05, 3.63) is 22.8 Å². The average Bonchev–Trinajstić information content (AvgIpc) is 2.41. The molecule has 0 saturated heterocycles. The normalized spacial score (nSPS) is 10.7. The SMILES string of the molecule is CCNc1cc(C(=O)NCCCOCC(C)C)cc(Cl)n1. The van der Waals surface area contributed by atoms with Crippen LogP contribution >= 0.6 is 11.6 Å². The molecule has 0 aliphatic carbocycles. The zero-order valence-electron chi connectivity index (χ0n) is 12.9. The van der Waals surface area contributed by atoms with Gasteiger partial charge in [-0.15, -0.1) is 0 Å². The van der Waals surface area contributed by atoms with Crippen molar-refractivity contribution in [2.75, 3.05) is 31.6 Å². The van der Waals surface area contributed by atoms with E-state index in [4.69, 9.17) is 16.3 Å². The third-order valence-electron chi connectivity index (χ3n) is 2.62. The monoisotopic (exact) mass is 313 g/mol. The van der Waals surface area contributed by atoms with Crippen molar-refractivity contribution in [3.63, 3.8) is 0 Å². The fourth-order valence-corrected chi connectivity index (χ4v) is 1.91. The van der Waals surface area contributed by atoms with Crippen LogP contribution in [0.1, 0.15) is 37.6 Å². The molecule has 1 rings (SSSR count). The van der Waals surface area contributed by atoms with Gasteiger partial charge in [0.05, 0.1) is 0 Å². The number of pyridine rings is 1. The summed E-state index contributed by atoms with van der Waals surface area (Å²) in [5, 5.41) is 6.20. The molecule has 1 heterocycles. The van der Waals surface area contributed by atoms with Crippen LogP contribution in [0.15, 0.2) is 12.1 Å². The van der Waals surface area contributed by atoms with E-state index < -0.39 is 0 Å². The second-order valence-corrected chi connectivity index (χ2v) is 5.56. The largest absolute Gasteiger partial charge is 0.381 e. The third-order valence-corrected chi connectivity index (χ3v) is 2.81. The Morgan fingerprint density at radius 3 is 2.86 bits per heavy atom. The van der Waals surface area contributed by atoms with E-state index in [1.807, 2.05) is 6.92 Å². The summed E-state index contributed by atoms with van der Waals surface area (Å²) >= 11 is 5.91. The van der Waals surface area contributed by atoms with Crippen LogP contribution in [0.25, 0.3) is 0 Å². The van der Waals surface area contributed by atoms with E-state index in [9.17, 15) is 4.79 Å². The maximum Gasteiger partial charge on any atom is 0.251 e. The molecule has 1 aromatic heterocycles. The van der Waals surface area contributed by atoms with Gasteiger partial charge in [0.1, 0.15) is 11.0 Å². The van der Waals surface area contributed by atoms with Crippen LogP contribution in [0.4, 0.5) is 5.82 Å². The van der Waals surface area contributed by atoms with Gasteiger partial charge in [0.2, 0.25) is 0 Å². The zero-order valence-corrected chi connectivity index (χ0v) is 13.7. The minimum absolute atomic E-state index is 0.151. The molecule has 0 aliphatic heterocycles. The number of nitrogens with zero attached hydrogens (tertiary/aromatic N) is 1. The predicted molar refractivity (Wildman–Crippen MR) is 86.0 cm³/mol. The van der Waals surface area contributed by atoms with E-state index in [0.717, 1.165) is 19.6 Å². The number of nitrogens with one attached hydrogen (secondary N) is 2. The van der Waals surface area contributed by atoms with Crippen molar-refractivity contribution < 1.29 is 9.53 Å². The molecule has 2 N–H and O–H groups in total. The van der Waals surface area contributed by atoms with Crippen LogP contribution in [-0.2, 0) is 4.74 Å². The molecule has 0 fully saturated rings. The molecule has 118 valence electrons. The minimum atomic E-state index is -0.151. The highest BCUT2D eigenvalue weighted by atomic mass is 35.5. The number of carbonyl (C=O) groups excluding carboxylic acids is 1. The number of anilines is 1. The first kappa shape index (κ1) is 17.7. The number of amides is 1. The van der Waals surface area contributed by atoms with Crippen molar-refractivity contribution in [1.82, 2.24) is 10.3 Å². The van der Waals surface area contributed by atoms with Gasteiger partial charge in [-0.2, -0.15) is 0 Å². The fourth-order valence-electron chi connectivity index (χ4n) is 1.70. The zero-order chi connectivity index (χ0) is 15.7. The minimum Gasteiger partial charge on any atom is -0.381 e. The Labute approximate surface area is 131 Å². The van der Waals surface area contributed by atoms with E-state index in [0.29, 0.717) is 35.6 Å². The van der Waals surface area contributed by atoms with E-state index in [1.54, 1.807) is 12.1 Å². The summed E-state index contributed by atoms with van der Waals surface area (Å²) in [6.45, 7) is 8.88. The molecular weight excluding hydrogens is 290 g/mol. The first-order chi connectivity index (χ1) is 10.0. The summed E-state index contributed by atoms with van der Waals surface area (Å²) in [6.07, 6.45) is 0.789. The highest BCUT2D eigenvalue weighted by Crippen LogP contribution is 2.14. The quantitative estimate of drug-likeness (QED) is 0.543. The molecule has 6 heteroatoms. The van der Waals surface area contributed by atoms with Crippen molar-refractivity contribution in [2.24, 2.45) is 5.92 Å². The Balaban J connectivity index is 2.38. The van der Waals surface area contributed by atoms with E-state index in [1.165, 1.54) is 0 Å². The van der Waals surface area contributed by atoms with Crippen LogP contribution < -0.4 is 10.6 Å². The van der Waals surface area contributed by atoms with Gasteiger partial charge in [-0.1, -0.05) is 25.4 Å². The van der Waals surface area contributed by atoms with Gasteiger partial charge in [-0.05, 0) is 31.4 Å². The van der Waals surface area contributed by atoms with Crippen molar-refractivity contribution in [2.45, 2.75) is 27.2 Å². The molecule has 1 amide bonds. The molecular formula is C15H24ClN3O2. The standard InChI is InChI=1S/C15H24ClN3O2/c1-4-17-14-9-12(8-13(16)19-14)15(20)18-6-5-7-21-10-11(2)3/h8-9,11H,4-7,10H2,1-3H3,(H,17,19)(H,18,20). The summed E-state index contributed by atoms with van der Waals surface area (Å²) in [6, 6.07) is 3.26. The lowest BCUT2D eigenvalue weighted by Gasteiger charge is -2.09. The lowest BCUT2D eigenvalue weighted by molar-refractivity contribution is 0.0925. The van der Waals surface area contributed by atoms with Crippen molar-refractivity contribution in [1.29, 1.82) is 0 Å². The molecule has 0 saturated carbocycles. The van der Waals surface area contributed by atoms with Gasteiger partial charge in [0.25, 0.3) is 5.91 Å². The van der Waals surface area contributed by atoms with Gasteiger partial charge in [0, 0.05) is 31.9 Å². The third kappa shape index (κ3) is 7.29. The molecule has 0 aromatic carbocycles. The highest BCUT2D eigenvalue weighted by molar-refractivity contribution is 6.29.